The number of sulfonamides is 1. The molecule has 0 fully saturated rings. The number of hydrogen-bond donors (Lipinski definition) is 2. The first-order valence-electron chi connectivity index (χ1n) is 4.80. The molecule has 3 N–H and O–H groups in total. The van der Waals surface area contributed by atoms with Crippen molar-refractivity contribution in [1.29, 1.82) is 0 Å². The second-order valence-corrected chi connectivity index (χ2v) is 6.38. The van der Waals surface area contributed by atoms with Gasteiger partial charge in [0, 0.05) is 19.2 Å². The van der Waals surface area contributed by atoms with Crippen molar-refractivity contribution >= 4 is 27.2 Å². The lowest BCUT2D eigenvalue weighted by atomic mass is 10.3. The maximum absolute atomic E-state index is 11.8. The second-order valence-electron chi connectivity index (χ2n) is 3.44. The van der Waals surface area contributed by atoms with E-state index in [1.54, 1.807) is 30.8 Å². The molecule has 2 aromatic heterocycles. The molecule has 0 radical (unpaired) electrons. The van der Waals surface area contributed by atoms with Gasteiger partial charge in [-0.25, -0.2) is 13.1 Å². The fourth-order valence-corrected chi connectivity index (χ4v) is 3.33. The number of anilines is 1. The highest BCUT2D eigenvalue weighted by Gasteiger charge is 2.15. The maximum atomic E-state index is 11.8. The molecule has 0 aliphatic carbocycles. The topological polar surface area (TPSA) is 90.0 Å². The van der Waals surface area contributed by atoms with Gasteiger partial charge in [0.05, 0.1) is 6.20 Å². The van der Waals surface area contributed by atoms with E-state index in [1.165, 1.54) is 16.0 Å². The summed E-state index contributed by atoms with van der Waals surface area (Å²) in [6.07, 6.45) is 1.55. The molecular formula is C9H12N4O2S2. The molecule has 0 aromatic carbocycles. The smallest absolute Gasteiger partial charge is 0.250 e. The van der Waals surface area contributed by atoms with E-state index in [4.69, 9.17) is 5.73 Å². The van der Waals surface area contributed by atoms with Crippen molar-refractivity contribution in [3.8, 4) is 0 Å². The van der Waals surface area contributed by atoms with Crippen LogP contribution in [0.4, 0.5) is 5.82 Å². The molecule has 0 aliphatic heterocycles. The molecule has 0 saturated carbocycles. The third kappa shape index (κ3) is 2.48. The standard InChI is InChI=1S/C9H12N4O2S2/c1-13-9(10)7(5-11-13)6-12-17(14,15)8-3-2-4-16-8/h2-5,12H,6,10H2,1H3. The molecule has 0 amide bonds. The van der Waals surface area contributed by atoms with Gasteiger partial charge in [-0.15, -0.1) is 11.3 Å². The number of hydrogen-bond acceptors (Lipinski definition) is 5. The minimum Gasteiger partial charge on any atom is -0.384 e. The van der Waals surface area contributed by atoms with E-state index in [9.17, 15) is 8.42 Å². The number of thiophene rings is 1. The molecule has 0 atom stereocenters. The lowest BCUT2D eigenvalue weighted by Gasteiger charge is -2.04. The van der Waals surface area contributed by atoms with Crippen LogP contribution in [0.5, 0.6) is 0 Å². The highest BCUT2D eigenvalue weighted by Crippen LogP contribution is 2.16. The first-order chi connectivity index (χ1) is 8.00. The number of nitrogens with zero attached hydrogens (tertiary/aromatic N) is 2. The third-order valence-electron chi connectivity index (χ3n) is 2.28. The largest absolute Gasteiger partial charge is 0.384 e. The monoisotopic (exact) mass is 272 g/mol. The number of nitrogens with two attached hydrogens (primary N) is 1. The normalized spacial score (nSPS) is 11.8. The van der Waals surface area contributed by atoms with E-state index >= 15 is 0 Å². The van der Waals surface area contributed by atoms with Gasteiger partial charge < -0.3 is 5.73 Å². The van der Waals surface area contributed by atoms with E-state index in [2.05, 4.69) is 9.82 Å². The first-order valence-corrected chi connectivity index (χ1v) is 7.16. The van der Waals surface area contributed by atoms with Gasteiger partial charge in [0.2, 0.25) is 10.0 Å². The average Bonchev–Trinajstić information content (AvgIpc) is 2.90. The van der Waals surface area contributed by atoms with Gasteiger partial charge in [0.25, 0.3) is 0 Å². The number of nitrogens with one attached hydrogen (secondary N) is 1. The zero-order chi connectivity index (χ0) is 12.5. The molecule has 0 unspecified atom stereocenters. The van der Waals surface area contributed by atoms with Crippen molar-refractivity contribution in [3.63, 3.8) is 0 Å². The average molecular weight is 272 g/mol. The van der Waals surface area contributed by atoms with Crippen LogP contribution in [0.1, 0.15) is 5.56 Å². The van der Waals surface area contributed by atoms with Crippen molar-refractivity contribution in [2.75, 3.05) is 5.73 Å². The summed E-state index contributed by atoms with van der Waals surface area (Å²) in [7, 11) is -1.75. The van der Waals surface area contributed by atoms with E-state index in [0.29, 0.717) is 15.6 Å². The Bertz CT molecular complexity index is 601. The first kappa shape index (κ1) is 12.1. The molecule has 0 aliphatic rings. The summed E-state index contributed by atoms with van der Waals surface area (Å²) in [6, 6.07) is 3.25. The number of aromatic nitrogens is 2. The van der Waals surface area contributed by atoms with E-state index in [1.807, 2.05) is 0 Å². The fourth-order valence-electron chi connectivity index (χ4n) is 1.29. The second kappa shape index (κ2) is 4.47. The number of aryl methyl sites for hydroxylation is 1. The fraction of sp³-hybridized carbons (Fsp3) is 0.222. The highest BCUT2D eigenvalue weighted by atomic mass is 32.2. The van der Waals surface area contributed by atoms with Crippen molar-refractivity contribution in [1.82, 2.24) is 14.5 Å². The van der Waals surface area contributed by atoms with Gasteiger partial charge in [-0.3, -0.25) is 4.68 Å². The van der Waals surface area contributed by atoms with Gasteiger partial charge in [-0.05, 0) is 11.4 Å². The van der Waals surface area contributed by atoms with Crippen molar-refractivity contribution < 1.29 is 8.42 Å². The van der Waals surface area contributed by atoms with Gasteiger partial charge >= 0.3 is 0 Å². The minimum absolute atomic E-state index is 0.139. The Balaban J connectivity index is 2.11. The van der Waals surface area contributed by atoms with Crippen LogP contribution in [0.2, 0.25) is 0 Å². The van der Waals surface area contributed by atoms with E-state index < -0.39 is 10.0 Å². The summed E-state index contributed by atoms with van der Waals surface area (Å²) in [5, 5.41) is 5.65. The zero-order valence-electron chi connectivity index (χ0n) is 9.12. The van der Waals surface area contributed by atoms with Gasteiger partial charge in [0.15, 0.2) is 0 Å². The Labute approximate surface area is 103 Å². The van der Waals surface area contributed by atoms with Gasteiger partial charge in [-0.2, -0.15) is 5.10 Å². The van der Waals surface area contributed by atoms with Crippen molar-refractivity contribution in [3.05, 3.63) is 29.3 Å². The van der Waals surface area contributed by atoms with Crippen LogP contribution in [0.15, 0.2) is 27.9 Å². The number of nitrogen functional groups attached to an aromatic ring is 1. The third-order valence-corrected chi connectivity index (χ3v) is 5.08. The molecule has 0 saturated heterocycles. The Morgan fingerprint density at radius 1 is 1.59 bits per heavy atom. The quantitative estimate of drug-likeness (QED) is 0.850. The number of rotatable bonds is 4. The van der Waals surface area contributed by atoms with E-state index in [-0.39, 0.29) is 6.54 Å². The molecule has 0 spiro atoms. The summed E-state index contributed by atoms with van der Waals surface area (Å²) in [5.41, 5.74) is 6.38. The Kier molecular flexibility index (Phi) is 3.18. The lowest BCUT2D eigenvalue weighted by molar-refractivity contribution is 0.583. The predicted octanol–water partition coefficient (Wildman–Crippen LogP) is 0.542. The molecule has 2 aromatic rings. The zero-order valence-corrected chi connectivity index (χ0v) is 10.8. The summed E-state index contributed by atoms with van der Waals surface area (Å²) in [4.78, 5) is 0. The van der Waals surface area contributed by atoms with Crippen molar-refractivity contribution in [2.24, 2.45) is 7.05 Å². The van der Waals surface area contributed by atoms with Crippen LogP contribution in [0.25, 0.3) is 0 Å². The molecule has 2 rings (SSSR count). The van der Waals surface area contributed by atoms with Gasteiger partial charge in [-0.1, -0.05) is 6.07 Å². The molecule has 17 heavy (non-hydrogen) atoms. The Morgan fingerprint density at radius 2 is 2.35 bits per heavy atom. The van der Waals surface area contributed by atoms with Gasteiger partial charge in [0.1, 0.15) is 10.0 Å². The Hall–Kier alpha value is -1.38. The van der Waals surface area contributed by atoms with Crippen LogP contribution >= 0.6 is 11.3 Å². The van der Waals surface area contributed by atoms with Crippen LogP contribution < -0.4 is 10.5 Å². The van der Waals surface area contributed by atoms with Crippen LogP contribution in [-0.2, 0) is 23.6 Å². The molecular weight excluding hydrogens is 260 g/mol. The summed E-state index contributed by atoms with van der Waals surface area (Å²) in [6.45, 7) is 0.139. The van der Waals surface area contributed by atoms with Crippen LogP contribution in [0.3, 0.4) is 0 Å². The lowest BCUT2D eigenvalue weighted by Crippen LogP contribution is -2.22. The molecule has 8 heteroatoms. The summed E-state index contributed by atoms with van der Waals surface area (Å²) < 4.78 is 27.9. The summed E-state index contributed by atoms with van der Waals surface area (Å²) >= 11 is 1.17. The molecule has 92 valence electrons. The maximum Gasteiger partial charge on any atom is 0.250 e. The predicted molar refractivity (Wildman–Crippen MR) is 66.0 cm³/mol. The minimum atomic E-state index is -3.45. The SMILES string of the molecule is Cn1ncc(CNS(=O)(=O)c2cccs2)c1N. The van der Waals surface area contributed by atoms with Crippen molar-refractivity contribution in [2.45, 2.75) is 10.8 Å². The van der Waals surface area contributed by atoms with Crippen LogP contribution in [-0.4, -0.2) is 18.2 Å². The molecule has 0 bridgehead atoms. The highest BCUT2D eigenvalue weighted by molar-refractivity contribution is 7.91. The molecule has 2 heterocycles. The molecule has 6 nitrogen and oxygen atoms in total. The van der Waals surface area contributed by atoms with E-state index in [0.717, 1.165) is 0 Å². The van der Waals surface area contributed by atoms with Crippen LogP contribution in [0, 0.1) is 0 Å². The summed E-state index contributed by atoms with van der Waals surface area (Å²) in [5.74, 6) is 0.457. The Morgan fingerprint density at radius 3 is 2.88 bits per heavy atom.